The second kappa shape index (κ2) is 9.67. The van der Waals surface area contributed by atoms with Crippen LogP contribution in [0, 0.1) is 5.92 Å². The van der Waals surface area contributed by atoms with Gasteiger partial charge in [0.25, 0.3) is 0 Å². The van der Waals surface area contributed by atoms with Crippen molar-refractivity contribution in [2.24, 2.45) is 13.0 Å². The van der Waals surface area contributed by atoms with E-state index in [2.05, 4.69) is 25.2 Å². The van der Waals surface area contributed by atoms with Crippen LogP contribution in [0.5, 0.6) is 11.5 Å². The van der Waals surface area contributed by atoms with E-state index < -0.39 is 6.04 Å². The normalized spacial score (nSPS) is 17.0. The minimum atomic E-state index is -0.446. The van der Waals surface area contributed by atoms with Crippen molar-refractivity contribution in [2.45, 2.75) is 18.9 Å². The highest BCUT2D eigenvalue weighted by Crippen LogP contribution is 2.30. The van der Waals surface area contributed by atoms with Crippen LogP contribution in [0.2, 0.25) is 0 Å². The Hall–Kier alpha value is -3.62. The molecule has 1 N–H and O–H groups in total. The highest BCUT2D eigenvalue weighted by molar-refractivity contribution is 5.80. The average Bonchev–Trinajstić information content (AvgIpc) is 3.28. The first-order valence-corrected chi connectivity index (χ1v) is 10.6. The fourth-order valence-corrected chi connectivity index (χ4v) is 4.06. The van der Waals surface area contributed by atoms with Gasteiger partial charge < -0.3 is 24.3 Å². The second-order valence-corrected chi connectivity index (χ2v) is 7.83. The molecule has 9 heteroatoms. The summed E-state index contributed by atoms with van der Waals surface area (Å²) in [5, 5.41) is 3.22. The number of benzene rings is 1. The summed E-state index contributed by atoms with van der Waals surface area (Å²) in [5.74, 6) is 2.64. The van der Waals surface area contributed by atoms with Crippen LogP contribution in [0.1, 0.15) is 30.3 Å². The van der Waals surface area contributed by atoms with Crippen molar-refractivity contribution in [3.05, 3.63) is 60.6 Å². The van der Waals surface area contributed by atoms with Gasteiger partial charge in [-0.15, -0.1) is 0 Å². The molecule has 1 aliphatic rings. The van der Waals surface area contributed by atoms with Crippen LogP contribution in [0.15, 0.2) is 49.2 Å². The average molecular weight is 437 g/mol. The third-order valence-electron chi connectivity index (χ3n) is 5.78. The smallest absolute Gasteiger partial charge is 0.225 e. The van der Waals surface area contributed by atoms with E-state index in [-0.39, 0.29) is 11.8 Å². The van der Waals surface area contributed by atoms with Crippen molar-refractivity contribution in [1.82, 2.24) is 24.8 Å². The first kappa shape index (κ1) is 21.6. The Morgan fingerprint density at radius 3 is 2.53 bits per heavy atom. The second-order valence-electron chi connectivity index (χ2n) is 7.83. The van der Waals surface area contributed by atoms with Gasteiger partial charge in [0.05, 0.1) is 26.3 Å². The minimum Gasteiger partial charge on any atom is -0.497 e. The summed E-state index contributed by atoms with van der Waals surface area (Å²) in [6, 6.07) is 5.16. The third-order valence-corrected chi connectivity index (χ3v) is 5.78. The summed E-state index contributed by atoms with van der Waals surface area (Å²) >= 11 is 0. The number of imidazole rings is 1. The van der Waals surface area contributed by atoms with Crippen LogP contribution in [-0.4, -0.2) is 52.7 Å². The zero-order valence-electron chi connectivity index (χ0n) is 18.6. The lowest BCUT2D eigenvalue weighted by Crippen LogP contribution is -2.44. The van der Waals surface area contributed by atoms with Crippen molar-refractivity contribution in [3.8, 4) is 11.5 Å². The number of hydrogen-bond acceptors (Lipinski definition) is 7. The Morgan fingerprint density at radius 2 is 1.91 bits per heavy atom. The Kier molecular flexibility index (Phi) is 6.53. The number of hydrogen-bond donors (Lipinski definition) is 1. The zero-order chi connectivity index (χ0) is 22.5. The number of rotatable bonds is 7. The third kappa shape index (κ3) is 4.66. The number of anilines is 1. The number of aromatic nitrogens is 4. The molecule has 2 atom stereocenters. The molecular weight excluding hydrogens is 408 g/mol. The molecule has 32 heavy (non-hydrogen) atoms. The van der Waals surface area contributed by atoms with E-state index in [0.717, 1.165) is 36.6 Å². The number of aryl methyl sites for hydroxylation is 1. The Morgan fingerprint density at radius 1 is 1.12 bits per heavy atom. The van der Waals surface area contributed by atoms with Crippen LogP contribution >= 0.6 is 0 Å². The molecule has 9 nitrogen and oxygen atoms in total. The van der Waals surface area contributed by atoms with Gasteiger partial charge in [0, 0.05) is 51.0 Å². The zero-order valence-corrected chi connectivity index (χ0v) is 18.6. The number of carbonyl (C=O) groups excluding carboxylic acids is 1. The maximum Gasteiger partial charge on any atom is 0.225 e. The standard InChI is InChI=1S/C23H28N6O3/c1-28-10-8-26-22(28)21(17-11-18(31-2)13-19(12-17)32-3)27-23(30)16-5-4-9-29(15-16)20-14-24-6-7-25-20/h6-8,10-14,16,21H,4-5,9,15H2,1-3H3,(H,27,30)/t16-,21+/m0/s1. The van der Waals surface area contributed by atoms with Gasteiger partial charge in [-0.1, -0.05) is 0 Å². The van der Waals surface area contributed by atoms with E-state index in [0.29, 0.717) is 18.0 Å². The molecule has 1 aliphatic heterocycles. The maximum atomic E-state index is 13.4. The van der Waals surface area contributed by atoms with Gasteiger partial charge in [0.1, 0.15) is 29.2 Å². The van der Waals surface area contributed by atoms with Crippen LogP contribution in [-0.2, 0) is 11.8 Å². The first-order chi connectivity index (χ1) is 15.6. The molecule has 0 spiro atoms. The van der Waals surface area contributed by atoms with Crippen LogP contribution in [0.25, 0.3) is 0 Å². The van der Waals surface area contributed by atoms with Crippen LogP contribution in [0.4, 0.5) is 5.82 Å². The highest BCUT2D eigenvalue weighted by atomic mass is 16.5. The quantitative estimate of drug-likeness (QED) is 0.608. The number of ether oxygens (including phenoxy) is 2. The summed E-state index contributed by atoms with van der Waals surface area (Å²) in [4.78, 5) is 28.6. The maximum absolute atomic E-state index is 13.4. The molecule has 168 valence electrons. The van der Waals surface area contributed by atoms with E-state index in [1.807, 2.05) is 29.9 Å². The van der Waals surface area contributed by atoms with Gasteiger partial charge in [0.15, 0.2) is 0 Å². The van der Waals surface area contributed by atoms with E-state index in [1.165, 1.54) is 0 Å². The summed E-state index contributed by atoms with van der Waals surface area (Å²) in [7, 11) is 5.13. The van der Waals surface area contributed by atoms with E-state index in [1.54, 1.807) is 45.1 Å². The number of piperidine rings is 1. The number of nitrogens with one attached hydrogen (secondary N) is 1. The number of carbonyl (C=O) groups is 1. The lowest BCUT2D eigenvalue weighted by atomic mass is 9.96. The molecule has 1 aromatic carbocycles. The number of nitrogens with zero attached hydrogens (tertiary/aromatic N) is 5. The van der Waals surface area contributed by atoms with Gasteiger partial charge in [0.2, 0.25) is 5.91 Å². The largest absolute Gasteiger partial charge is 0.497 e. The van der Waals surface area contributed by atoms with Gasteiger partial charge in [-0.3, -0.25) is 9.78 Å². The summed E-state index contributed by atoms with van der Waals surface area (Å²) in [5.41, 5.74) is 0.838. The molecule has 0 radical (unpaired) electrons. The fraction of sp³-hybridized carbons (Fsp3) is 0.391. The number of amides is 1. The van der Waals surface area contributed by atoms with E-state index >= 15 is 0 Å². The molecule has 1 saturated heterocycles. The van der Waals surface area contributed by atoms with E-state index in [4.69, 9.17) is 9.47 Å². The lowest BCUT2D eigenvalue weighted by Gasteiger charge is -2.33. The SMILES string of the molecule is COc1cc(OC)cc([C@@H](NC(=O)[C@H]2CCCN(c3cnccn3)C2)c2nccn2C)c1. The van der Waals surface area contributed by atoms with E-state index in [9.17, 15) is 4.79 Å². The fourth-order valence-electron chi connectivity index (χ4n) is 4.06. The molecular formula is C23H28N6O3. The molecule has 0 bridgehead atoms. The molecule has 2 aromatic heterocycles. The van der Waals surface area contributed by atoms with Gasteiger partial charge in [-0.2, -0.15) is 0 Å². The molecule has 1 amide bonds. The monoisotopic (exact) mass is 436 g/mol. The Bertz CT molecular complexity index is 1030. The summed E-state index contributed by atoms with van der Waals surface area (Å²) < 4.78 is 12.8. The van der Waals surface area contributed by atoms with Crippen LogP contribution in [0.3, 0.4) is 0 Å². The molecule has 0 aliphatic carbocycles. The predicted molar refractivity (Wildman–Crippen MR) is 120 cm³/mol. The lowest BCUT2D eigenvalue weighted by molar-refractivity contribution is -0.125. The van der Waals surface area contributed by atoms with Gasteiger partial charge in [-0.25, -0.2) is 9.97 Å². The summed E-state index contributed by atoms with van der Waals surface area (Å²) in [6.45, 7) is 1.46. The molecule has 1 fully saturated rings. The van der Waals surface area contributed by atoms with Crippen molar-refractivity contribution in [3.63, 3.8) is 0 Å². The van der Waals surface area contributed by atoms with Crippen molar-refractivity contribution >= 4 is 11.7 Å². The molecule has 4 rings (SSSR count). The van der Waals surface area contributed by atoms with Crippen molar-refractivity contribution < 1.29 is 14.3 Å². The van der Waals surface area contributed by atoms with Crippen molar-refractivity contribution in [1.29, 1.82) is 0 Å². The Balaban J connectivity index is 1.59. The van der Waals surface area contributed by atoms with Gasteiger partial charge in [-0.05, 0) is 30.5 Å². The van der Waals surface area contributed by atoms with Gasteiger partial charge >= 0.3 is 0 Å². The first-order valence-electron chi connectivity index (χ1n) is 10.6. The van der Waals surface area contributed by atoms with Crippen molar-refractivity contribution in [2.75, 3.05) is 32.2 Å². The molecule has 0 saturated carbocycles. The van der Waals surface area contributed by atoms with Crippen LogP contribution < -0.4 is 19.7 Å². The number of methoxy groups -OCH3 is 2. The predicted octanol–water partition coefficient (Wildman–Crippen LogP) is 2.35. The topological polar surface area (TPSA) is 94.4 Å². The summed E-state index contributed by atoms with van der Waals surface area (Å²) in [6.07, 6.45) is 10.4. The highest BCUT2D eigenvalue weighted by Gasteiger charge is 2.30. The Labute approximate surface area is 187 Å². The molecule has 0 unspecified atom stereocenters. The molecule has 3 aromatic rings. The minimum absolute atomic E-state index is 0.0200. The molecule has 3 heterocycles.